The number of anilines is 1. The second-order valence-electron chi connectivity index (χ2n) is 4.94. The van der Waals surface area contributed by atoms with E-state index in [-0.39, 0.29) is 28.9 Å². The number of aliphatic carboxylic acids is 1. The molecule has 0 spiro atoms. The number of carboxylic acid groups (broad SMARTS) is 1. The average molecular weight is 301 g/mol. The Balaban J connectivity index is 2.85. The molecule has 0 aliphatic heterocycles. The molecule has 110 valence electrons. The zero-order chi connectivity index (χ0) is 15.3. The smallest absolute Gasteiger partial charge is 0.310 e. The van der Waals surface area contributed by atoms with Gasteiger partial charge in [0, 0.05) is 6.54 Å². The van der Waals surface area contributed by atoms with Gasteiger partial charge in [0.15, 0.2) is 0 Å². The van der Waals surface area contributed by atoms with Gasteiger partial charge in [-0.15, -0.1) is 0 Å². The highest BCUT2D eigenvalue weighted by molar-refractivity contribution is 6.33. The van der Waals surface area contributed by atoms with Crippen LogP contribution in [0.2, 0.25) is 5.02 Å². The van der Waals surface area contributed by atoms with E-state index in [4.69, 9.17) is 16.7 Å². The van der Waals surface area contributed by atoms with Crippen LogP contribution in [-0.4, -0.2) is 22.5 Å². The Hall–Kier alpha value is -1.82. The van der Waals surface area contributed by atoms with Gasteiger partial charge in [-0.25, -0.2) is 0 Å². The number of hydrogen-bond acceptors (Lipinski definition) is 4. The second-order valence-corrected chi connectivity index (χ2v) is 5.35. The summed E-state index contributed by atoms with van der Waals surface area (Å²) in [6.07, 6.45) is 0.497. The highest BCUT2D eigenvalue weighted by Crippen LogP contribution is 2.32. The first kappa shape index (κ1) is 16.2. The summed E-state index contributed by atoms with van der Waals surface area (Å²) in [4.78, 5) is 21.5. The van der Waals surface area contributed by atoms with E-state index in [2.05, 4.69) is 5.32 Å². The monoisotopic (exact) mass is 300 g/mol. The Bertz CT molecular complexity index is 505. The third-order valence-electron chi connectivity index (χ3n) is 2.81. The molecular formula is C13H17ClN2O4. The lowest BCUT2D eigenvalue weighted by molar-refractivity contribution is -0.383. The molecule has 2 N–H and O–H groups in total. The lowest BCUT2D eigenvalue weighted by Crippen LogP contribution is -2.24. The molecule has 1 aromatic carbocycles. The summed E-state index contributed by atoms with van der Waals surface area (Å²) in [7, 11) is 0. The zero-order valence-corrected chi connectivity index (χ0v) is 12.1. The summed E-state index contributed by atoms with van der Waals surface area (Å²) in [5, 5.41) is 22.9. The van der Waals surface area contributed by atoms with E-state index in [1.165, 1.54) is 12.1 Å². The minimum absolute atomic E-state index is 0.0238. The minimum atomic E-state index is -0.920. The largest absolute Gasteiger partial charge is 0.481 e. The number of benzene rings is 1. The molecule has 0 fully saturated rings. The number of hydrogen-bond donors (Lipinski definition) is 2. The van der Waals surface area contributed by atoms with Crippen molar-refractivity contribution in [1.29, 1.82) is 0 Å². The van der Waals surface area contributed by atoms with Crippen molar-refractivity contribution in [3.05, 3.63) is 33.3 Å². The van der Waals surface area contributed by atoms with Crippen LogP contribution in [0, 0.1) is 22.0 Å². The van der Waals surface area contributed by atoms with Crippen molar-refractivity contribution in [1.82, 2.24) is 0 Å². The van der Waals surface area contributed by atoms with E-state index in [1.807, 2.05) is 13.8 Å². The molecule has 0 aliphatic rings. The number of carboxylic acids is 1. The van der Waals surface area contributed by atoms with E-state index in [0.29, 0.717) is 6.42 Å². The maximum Gasteiger partial charge on any atom is 0.310 e. The lowest BCUT2D eigenvalue weighted by Gasteiger charge is -2.16. The molecule has 0 saturated carbocycles. The van der Waals surface area contributed by atoms with Gasteiger partial charge in [0.05, 0.1) is 10.8 Å². The highest BCUT2D eigenvalue weighted by Gasteiger charge is 2.22. The van der Waals surface area contributed by atoms with Crippen LogP contribution in [0.1, 0.15) is 20.3 Å². The summed E-state index contributed by atoms with van der Waals surface area (Å²) in [6.45, 7) is 3.98. The number of nitrogens with one attached hydrogen (secondary N) is 1. The molecule has 0 bridgehead atoms. The SMILES string of the molecule is CC(C)CC(CNc1cccc(Cl)c1[N+](=O)[O-])C(=O)O. The van der Waals surface area contributed by atoms with Crippen molar-refractivity contribution in [2.45, 2.75) is 20.3 Å². The number of para-hydroxylation sites is 1. The molecule has 1 aromatic rings. The molecule has 0 amide bonds. The van der Waals surface area contributed by atoms with Crippen LogP contribution in [-0.2, 0) is 4.79 Å². The number of nitro benzene ring substituents is 1. The van der Waals surface area contributed by atoms with Gasteiger partial charge in [-0.1, -0.05) is 31.5 Å². The van der Waals surface area contributed by atoms with Crippen molar-refractivity contribution < 1.29 is 14.8 Å². The van der Waals surface area contributed by atoms with Crippen molar-refractivity contribution in [3.63, 3.8) is 0 Å². The topological polar surface area (TPSA) is 92.5 Å². The second kappa shape index (κ2) is 7.09. The maximum absolute atomic E-state index is 11.1. The Morgan fingerprint density at radius 1 is 1.50 bits per heavy atom. The number of rotatable bonds is 7. The Morgan fingerprint density at radius 3 is 2.65 bits per heavy atom. The van der Waals surface area contributed by atoms with Gasteiger partial charge in [-0.05, 0) is 24.5 Å². The molecule has 20 heavy (non-hydrogen) atoms. The van der Waals surface area contributed by atoms with Gasteiger partial charge >= 0.3 is 11.7 Å². The van der Waals surface area contributed by atoms with Gasteiger partial charge in [0.2, 0.25) is 0 Å². The van der Waals surface area contributed by atoms with Crippen molar-refractivity contribution >= 4 is 28.9 Å². The Morgan fingerprint density at radius 2 is 2.15 bits per heavy atom. The summed E-state index contributed by atoms with van der Waals surface area (Å²) in [6, 6.07) is 4.52. The number of halogens is 1. The summed E-state index contributed by atoms with van der Waals surface area (Å²) < 4.78 is 0. The number of nitro groups is 1. The minimum Gasteiger partial charge on any atom is -0.481 e. The normalized spacial score (nSPS) is 12.2. The average Bonchev–Trinajstić information content (AvgIpc) is 2.33. The quantitative estimate of drug-likeness (QED) is 0.594. The predicted octanol–water partition coefficient (Wildman–Crippen LogP) is 3.41. The van der Waals surface area contributed by atoms with Gasteiger partial charge < -0.3 is 10.4 Å². The van der Waals surface area contributed by atoms with E-state index in [1.54, 1.807) is 6.07 Å². The lowest BCUT2D eigenvalue weighted by atomic mass is 9.97. The van der Waals surface area contributed by atoms with Gasteiger partial charge in [0.1, 0.15) is 10.7 Å². The van der Waals surface area contributed by atoms with Gasteiger partial charge in [-0.3, -0.25) is 14.9 Å². The molecular weight excluding hydrogens is 284 g/mol. The van der Waals surface area contributed by atoms with Crippen LogP contribution in [0.15, 0.2) is 18.2 Å². The number of nitrogens with zero attached hydrogens (tertiary/aromatic N) is 1. The number of carbonyl (C=O) groups is 1. The third kappa shape index (κ3) is 4.38. The molecule has 1 atom stereocenters. The predicted molar refractivity (Wildman–Crippen MR) is 77.2 cm³/mol. The Labute approximate surface area is 121 Å². The van der Waals surface area contributed by atoms with Crippen molar-refractivity contribution in [3.8, 4) is 0 Å². The van der Waals surface area contributed by atoms with Gasteiger partial charge in [-0.2, -0.15) is 0 Å². The van der Waals surface area contributed by atoms with E-state index >= 15 is 0 Å². The maximum atomic E-state index is 11.1. The first-order valence-corrected chi connectivity index (χ1v) is 6.60. The zero-order valence-electron chi connectivity index (χ0n) is 11.3. The molecule has 6 nitrogen and oxygen atoms in total. The fourth-order valence-corrected chi connectivity index (χ4v) is 2.16. The van der Waals surface area contributed by atoms with Crippen LogP contribution in [0.5, 0.6) is 0 Å². The summed E-state index contributed by atoms with van der Waals surface area (Å²) in [5.74, 6) is -1.29. The van der Waals surface area contributed by atoms with Crippen molar-refractivity contribution in [2.24, 2.45) is 11.8 Å². The fraction of sp³-hybridized carbons (Fsp3) is 0.462. The van der Waals surface area contributed by atoms with Crippen LogP contribution in [0.4, 0.5) is 11.4 Å². The molecule has 0 saturated heterocycles. The fourth-order valence-electron chi connectivity index (χ4n) is 1.92. The van der Waals surface area contributed by atoms with Crippen molar-refractivity contribution in [2.75, 3.05) is 11.9 Å². The van der Waals surface area contributed by atoms with Crippen LogP contribution in [0.3, 0.4) is 0 Å². The molecule has 1 unspecified atom stereocenters. The van der Waals surface area contributed by atoms with E-state index in [9.17, 15) is 14.9 Å². The first-order chi connectivity index (χ1) is 9.32. The highest BCUT2D eigenvalue weighted by atomic mass is 35.5. The molecule has 1 rings (SSSR count). The van der Waals surface area contributed by atoms with E-state index in [0.717, 1.165) is 0 Å². The molecule has 0 aromatic heterocycles. The standard InChI is InChI=1S/C13H17ClN2O4/c1-8(2)6-9(13(17)18)7-15-11-5-3-4-10(14)12(11)16(19)20/h3-5,8-9,15H,6-7H2,1-2H3,(H,17,18). The molecule has 7 heteroatoms. The molecule has 0 aliphatic carbocycles. The molecule has 0 radical (unpaired) electrons. The van der Waals surface area contributed by atoms with E-state index < -0.39 is 16.8 Å². The van der Waals surface area contributed by atoms with Gasteiger partial charge in [0.25, 0.3) is 0 Å². The van der Waals surface area contributed by atoms with Crippen LogP contribution in [0.25, 0.3) is 0 Å². The summed E-state index contributed by atoms with van der Waals surface area (Å²) >= 11 is 5.79. The first-order valence-electron chi connectivity index (χ1n) is 6.22. The third-order valence-corrected chi connectivity index (χ3v) is 3.12. The van der Waals surface area contributed by atoms with Crippen LogP contribution >= 0.6 is 11.6 Å². The van der Waals surface area contributed by atoms with Crippen LogP contribution < -0.4 is 5.32 Å². The Kier molecular flexibility index (Phi) is 5.76. The summed E-state index contributed by atoms with van der Waals surface area (Å²) in [5.41, 5.74) is 0.000332. The molecule has 0 heterocycles.